The maximum Gasteiger partial charge on any atom is 0.119 e. The van der Waals surface area contributed by atoms with E-state index >= 15 is 0 Å². The molecule has 0 saturated heterocycles. The number of ether oxygens (including phenoxy) is 1. The van der Waals surface area contributed by atoms with Crippen LogP contribution >= 0.6 is 11.6 Å². The van der Waals surface area contributed by atoms with E-state index in [0.29, 0.717) is 0 Å². The molecule has 6 heteroatoms. The zero-order chi connectivity index (χ0) is 33.2. The molecule has 0 spiro atoms. The molecular formula is C38H62ClN3O2. The van der Waals surface area contributed by atoms with Crippen LogP contribution < -0.4 is 4.74 Å². The summed E-state index contributed by atoms with van der Waals surface area (Å²) in [5, 5.41) is 8.23. The number of halogens is 1. The first-order chi connectivity index (χ1) is 21.3. The van der Waals surface area contributed by atoms with E-state index in [2.05, 4.69) is 114 Å². The van der Waals surface area contributed by atoms with Crippen molar-refractivity contribution in [3.8, 4) is 17.0 Å². The van der Waals surface area contributed by atoms with Crippen molar-refractivity contribution in [2.24, 2.45) is 0 Å². The highest BCUT2D eigenvalue weighted by molar-refractivity contribution is 6.21. The van der Waals surface area contributed by atoms with Gasteiger partial charge in [0.1, 0.15) is 11.6 Å². The van der Waals surface area contributed by atoms with E-state index in [4.69, 9.17) is 26.4 Å². The van der Waals surface area contributed by atoms with Gasteiger partial charge in [-0.15, -0.1) is 18.2 Å². The highest BCUT2D eigenvalue weighted by Crippen LogP contribution is 2.29. The molecule has 1 unspecified atom stereocenters. The molecule has 1 atom stereocenters. The SMILES string of the molecule is C/C=C\C=C(/C)n1c(CCCC)nc(-c2ccc(OCCCN(CC)CC)cc2)c1CC.C=CC(Cl)CC/C=C/O.CCC. The Bertz CT molecular complexity index is 1080. The van der Waals surface area contributed by atoms with Crippen molar-refractivity contribution < 1.29 is 9.84 Å². The Labute approximate surface area is 275 Å². The molecule has 0 amide bonds. The maximum absolute atomic E-state index is 8.20. The lowest BCUT2D eigenvalue weighted by Crippen LogP contribution is -2.25. The molecule has 2 aromatic rings. The van der Waals surface area contributed by atoms with Crippen molar-refractivity contribution in [1.82, 2.24) is 14.5 Å². The van der Waals surface area contributed by atoms with Crippen LogP contribution in [-0.4, -0.2) is 51.2 Å². The summed E-state index contributed by atoms with van der Waals surface area (Å²) in [6.07, 6.45) is 18.9. The number of rotatable bonds is 18. The number of hydrogen-bond acceptors (Lipinski definition) is 4. The Morgan fingerprint density at radius 1 is 1.09 bits per heavy atom. The van der Waals surface area contributed by atoms with Gasteiger partial charge in [0.05, 0.1) is 29.6 Å². The number of aliphatic hydroxyl groups excluding tert-OH is 1. The second-order valence-electron chi connectivity index (χ2n) is 10.6. The van der Waals surface area contributed by atoms with Gasteiger partial charge in [0.2, 0.25) is 0 Å². The predicted octanol–water partition coefficient (Wildman–Crippen LogP) is 11.1. The third kappa shape index (κ3) is 16.4. The molecule has 1 aromatic carbocycles. The largest absolute Gasteiger partial charge is 0.516 e. The molecule has 0 radical (unpaired) electrons. The molecular weight excluding hydrogens is 566 g/mol. The molecule has 0 fully saturated rings. The lowest BCUT2D eigenvalue weighted by Gasteiger charge is -2.17. The average Bonchev–Trinajstić information content (AvgIpc) is 3.42. The fourth-order valence-corrected chi connectivity index (χ4v) is 4.59. The first-order valence-corrected chi connectivity index (χ1v) is 17.2. The van der Waals surface area contributed by atoms with E-state index in [0.717, 1.165) is 93.9 Å². The summed E-state index contributed by atoms with van der Waals surface area (Å²) >= 11 is 5.67. The number of aromatic nitrogens is 2. The van der Waals surface area contributed by atoms with E-state index in [-0.39, 0.29) is 5.38 Å². The second-order valence-corrected chi connectivity index (χ2v) is 11.2. The van der Waals surface area contributed by atoms with Crippen LogP contribution in [0.2, 0.25) is 0 Å². The number of imidazole rings is 1. The summed E-state index contributed by atoms with van der Waals surface area (Å²) in [4.78, 5) is 7.54. The van der Waals surface area contributed by atoms with Crippen LogP contribution in [0.25, 0.3) is 17.0 Å². The van der Waals surface area contributed by atoms with Gasteiger partial charge in [-0.25, -0.2) is 4.98 Å². The third-order valence-corrected chi connectivity index (χ3v) is 7.29. The molecule has 0 saturated carbocycles. The highest BCUT2D eigenvalue weighted by Gasteiger charge is 2.18. The van der Waals surface area contributed by atoms with Crippen LogP contribution in [0.5, 0.6) is 5.75 Å². The van der Waals surface area contributed by atoms with E-state index < -0.39 is 0 Å². The van der Waals surface area contributed by atoms with Crippen LogP contribution in [-0.2, 0) is 12.8 Å². The standard InChI is InChI=1S/C28H43N3O.C7H11ClO.C3H8/c1-7-12-15-23(6)31-26(9-3)28(29-27(31)16-13-8-2)24-17-19-25(20-18-24)32-22-14-21-30(10-4)11-5;1-2-7(8)5-3-4-6-9;1-3-2/h7,12,15,17-20H,8-11,13-14,16,21-22H2,1-6H3;2,4,6-7,9H,1,3,5H2;3H2,1-2H3/b12-7-,23-15+;6-4+;. The Morgan fingerprint density at radius 2 is 1.75 bits per heavy atom. The first kappa shape index (κ1) is 41.2. The number of alkyl halides is 1. The van der Waals surface area contributed by atoms with Gasteiger partial charge in [0.25, 0.3) is 0 Å². The number of benzene rings is 1. The molecule has 248 valence electrons. The number of hydrogen-bond donors (Lipinski definition) is 1. The van der Waals surface area contributed by atoms with E-state index in [1.807, 2.05) is 0 Å². The van der Waals surface area contributed by atoms with Crippen LogP contribution in [0.3, 0.4) is 0 Å². The van der Waals surface area contributed by atoms with Gasteiger partial charge in [-0.05, 0) is 89.4 Å². The number of unbranched alkanes of at least 4 members (excludes halogenated alkanes) is 1. The van der Waals surface area contributed by atoms with Crippen molar-refractivity contribution in [3.63, 3.8) is 0 Å². The Morgan fingerprint density at radius 3 is 2.27 bits per heavy atom. The number of allylic oxidation sites excluding steroid dienone is 6. The summed E-state index contributed by atoms with van der Waals surface area (Å²) in [7, 11) is 0. The van der Waals surface area contributed by atoms with E-state index in [1.54, 1.807) is 12.2 Å². The Hall–Kier alpha value is -2.76. The molecule has 1 N–H and O–H groups in total. The van der Waals surface area contributed by atoms with Gasteiger partial charge in [-0.3, -0.25) is 0 Å². The minimum absolute atomic E-state index is 0.0289. The molecule has 0 aliphatic heterocycles. The quantitative estimate of drug-likeness (QED) is 0.0587. The van der Waals surface area contributed by atoms with Gasteiger partial charge in [-0.1, -0.05) is 78.7 Å². The van der Waals surface area contributed by atoms with E-state index in [1.165, 1.54) is 24.2 Å². The molecule has 1 heterocycles. The van der Waals surface area contributed by atoms with Gasteiger partial charge >= 0.3 is 0 Å². The molecule has 5 nitrogen and oxygen atoms in total. The van der Waals surface area contributed by atoms with Crippen LogP contribution in [0.15, 0.2) is 67.5 Å². The number of aryl methyl sites for hydroxylation is 1. The van der Waals surface area contributed by atoms with E-state index in [9.17, 15) is 0 Å². The van der Waals surface area contributed by atoms with Gasteiger partial charge in [0, 0.05) is 24.2 Å². The zero-order valence-corrected chi connectivity index (χ0v) is 29.9. The van der Waals surface area contributed by atoms with Gasteiger partial charge in [0.15, 0.2) is 0 Å². The molecule has 2 rings (SSSR count). The van der Waals surface area contributed by atoms with Crippen molar-refractivity contribution in [2.45, 2.75) is 112 Å². The third-order valence-electron chi connectivity index (χ3n) is 6.89. The lowest BCUT2D eigenvalue weighted by atomic mass is 10.1. The predicted molar refractivity (Wildman–Crippen MR) is 195 cm³/mol. The maximum atomic E-state index is 8.20. The Kier molecular flexibility index (Phi) is 25.0. The molecule has 0 aliphatic rings. The topological polar surface area (TPSA) is 50.5 Å². The Balaban J connectivity index is 0.00000130. The summed E-state index contributed by atoms with van der Waals surface area (Å²) in [6.45, 7) is 24.9. The first-order valence-electron chi connectivity index (χ1n) is 16.7. The van der Waals surface area contributed by atoms with Crippen LogP contribution in [0, 0.1) is 0 Å². The van der Waals surface area contributed by atoms with Crippen LogP contribution in [0.1, 0.15) is 105 Å². The monoisotopic (exact) mass is 627 g/mol. The summed E-state index contributed by atoms with van der Waals surface area (Å²) in [6, 6.07) is 8.47. The number of nitrogens with zero attached hydrogens (tertiary/aromatic N) is 3. The van der Waals surface area contributed by atoms with Crippen molar-refractivity contribution >= 4 is 17.3 Å². The van der Waals surface area contributed by atoms with Crippen molar-refractivity contribution in [1.29, 1.82) is 0 Å². The minimum Gasteiger partial charge on any atom is -0.516 e. The van der Waals surface area contributed by atoms with Gasteiger partial charge in [-0.2, -0.15) is 0 Å². The van der Waals surface area contributed by atoms with Crippen LogP contribution in [0.4, 0.5) is 0 Å². The molecule has 0 bridgehead atoms. The summed E-state index contributed by atoms with van der Waals surface area (Å²) < 4.78 is 8.35. The van der Waals surface area contributed by atoms with Gasteiger partial charge < -0.3 is 19.3 Å². The number of aliphatic hydroxyl groups is 1. The summed E-state index contributed by atoms with van der Waals surface area (Å²) in [5.41, 5.74) is 4.76. The van der Waals surface area contributed by atoms with Crippen molar-refractivity contribution in [3.05, 3.63) is 79.0 Å². The summed E-state index contributed by atoms with van der Waals surface area (Å²) in [5.74, 6) is 2.09. The van der Waals surface area contributed by atoms with Crippen molar-refractivity contribution in [2.75, 3.05) is 26.2 Å². The lowest BCUT2D eigenvalue weighted by molar-refractivity contribution is 0.249. The minimum atomic E-state index is 0.0289. The molecule has 44 heavy (non-hydrogen) atoms. The molecule has 0 aliphatic carbocycles. The fraction of sp³-hybridized carbons (Fsp3) is 0.553. The average molecular weight is 628 g/mol. The smallest absolute Gasteiger partial charge is 0.119 e. The normalized spacial score (nSPS) is 12.2. The second kappa shape index (κ2) is 26.6. The highest BCUT2D eigenvalue weighted by atomic mass is 35.5. The zero-order valence-electron chi connectivity index (χ0n) is 29.1. The fourth-order valence-electron chi connectivity index (χ4n) is 4.47. The molecule has 1 aromatic heterocycles.